The topological polar surface area (TPSA) is 25.2 Å². The Morgan fingerprint density at radius 3 is 2.54 bits per heavy atom. The Labute approximate surface area is 79.3 Å². The number of hydrogen-bond donors (Lipinski definition) is 1. The van der Waals surface area contributed by atoms with Gasteiger partial charge in [0.15, 0.2) is 0 Å². The molecule has 0 spiro atoms. The molecule has 1 aliphatic heterocycles. The van der Waals surface area contributed by atoms with Crippen LogP contribution in [-0.2, 0) is 0 Å². The Morgan fingerprint density at radius 1 is 1.31 bits per heavy atom. The lowest BCUT2D eigenvalue weighted by atomic mass is 9.90. The summed E-state index contributed by atoms with van der Waals surface area (Å²) in [4.78, 5) is 0. The molecule has 1 fully saturated rings. The van der Waals surface area contributed by atoms with Gasteiger partial charge in [0.05, 0.1) is 0 Å². The van der Waals surface area contributed by atoms with Gasteiger partial charge in [0.1, 0.15) is 11.5 Å². The molecule has 0 amide bonds. The Kier molecular flexibility index (Phi) is 2.40. The average Bonchev–Trinajstić information content (AvgIpc) is 2.47. The molecule has 0 bridgehead atoms. The zero-order chi connectivity index (χ0) is 9.26. The second-order valence-electron chi connectivity index (χ2n) is 3.89. The van der Waals surface area contributed by atoms with Crippen molar-refractivity contribution in [2.45, 2.75) is 32.6 Å². The van der Waals surface area contributed by atoms with Crippen molar-refractivity contribution in [1.82, 2.24) is 5.32 Å². The van der Waals surface area contributed by atoms with Crippen LogP contribution in [0, 0.1) is 13.8 Å². The minimum atomic E-state index is 0.721. The van der Waals surface area contributed by atoms with Gasteiger partial charge in [-0.15, -0.1) is 0 Å². The lowest BCUT2D eigenvalue weighted by Gasteiger charge is -2.21. The summed E-state index contributed by atoms with van der Waals surface area (Å²) in [7, 11) is 0. The summed E-state index contributed by atoms with van der Waals surface area (Å²) in [5, 5.41) is 3.38. The molecule has 2 rings (SSSR count). The van der Waals surface area contributed by atoms with E-state index in [1.165, 1.54) is 18.4 Å². The maximum absolute atomic E-state index is 5.55. The van der Waals surface area contributed by atoms with Gasteiger partial charge in [0.25, 0.3) is 0 Å². The minimum absolute atomic E-state index is 0.721. The van der Waals surface area contributed by atoms with Crippen LogP contribution in [0.25, 0.3) is 0 Å². The molecule has 0 aliphatic carbocycles. The molecule has 2 heterocycles. The molecule has 1 aromatic rings. The van der Waals surface area contributed by atoms with Crippen LogP contribution in [0.1, 0.15) is 35.8 Å². The maximum Gasteiger partial charge on any atom is 0.104 e. The van der Waals surface area contributed by atoms with Gasteiger partial charge in [-0.2, -0.15) is 0 Å². The van der Waals surface area contributed by atoms with Crippen LogP contribution in [-0.4, -0.2) is 13.1 Å². The summed E-state index contributed by atoms with van der Waals surface area (Å²) >= 11 is 0. The second kappa shape index (κ2) is 3.54. The van der Waals surface area contributed by atoms with Crippen molar-refractivity contribution in [3.63, 3.8) is 0 Å². The fraction of sp³-hybridized carbons (Fsp3) is 0.636. The fourth-order valence-corrected chi connectivity index (χ4v) is 2.19. The highest BCUT2D eigenvalue weighted by atomic mass is 16.3. The van der Waals surface area contributed by atoms with E-state index in [9.17, 15) is 0 Å². The van der Waals surface area contributed by atoms with Crippen molar-refractivity contribution in [2.24, 2.45) is 0 Å². The van der Waals surface area contributed by atoms with Crippen LogP contribution in [0.5, 0.6) is 0 Å². The first-order chi connectivity index (χ1) is 6.27. The van der Waals surface area contributed by atoms with E-state index in [-0.39, 0.29) is 0 Å². The van der Waals surface area contributed by atoms with Gasteiger partial charge in [-0.1, -0.05) is 0 Å². The molecule has 0 radical (unpaired) electrons. The first-order valence-corrected chi connectivity index (χ1v) is 5.05. The summed E-state index contributed by atoms with van der Waals surface area (Å²) in [6.45, 7) is 6.39. The molecule has 1 N–H and O–H groups in total. The van der Waals surface area contributed by atoms with Crippen molar-refractivity contribution >= 4 is 0 Å². The van der Waals surface area contributed by atoms with Gasteiger partial charge < -0.3 is 9.73 Å². The molecule has 72 valence electrons. The number of rotatable bonds is 1. The first kappa shape index (κ1) is 8.82. The van der Waals surface area contributed by atoms with E-state index in [1.807, 2.05) is 6.92 Å². The Balaban J connectivity index is 2.18. The van der Waals surface area contributed by atoms with Crippen molar-refractivity contribution < 1.29 is 4.42 Å². The van der Waals surface area contributed by atoms with Crippen LogP contribution in [0.2, 0.25) is 0 Å². The van der Waals surface area contributed by atoms with Crippen LogP contribution < -0.4 is 5.32 Å². The number of furan rings is 1. The number of nitrogens with one attached hydrogen (secondary N) is 1. The number of aryl methyl sites for hydroxylation is 2. The quantitative estimate of drug-likeness (QED) is 0.716. The van der Waals surface area contributed by atoms with E-state index >= 15 is 0 Å². The molecule has 2 heteroatoms. The molecule has 0 aromatic carbocycles. The largest absolute Gasteiger partial charge is 0.466 e. The highest BCUT2D eigenvalue weighted by Gasteiger charge is 2.19. The van der Waals surface area contributed by atoms with E-state index in [2.05, 4.69) is 18.3 Å². The number of piperidine rings is 1. The third-order valence-corrected chi connectivity index (χ3v) is 2.86. The molecular formula is C11H17NO. The van der Waals surface area contributed by atoms with Crippen molar-refractivity contribution in [3.8, 4) is 0 Å². The Morgan fingerprint density at radius 2 is 2.00 bits per heavy atom. The molecule has 1 aliphatic rings. The normalized spacial score (nSPS) is 19.2. The van der Waals surface area contributed by atoms with Crippen LogP contribution in [0.15, 0.2) is 10.5 Å². The van der Waals surface area contributed by atoms with Gasteiger partial charge in [0.2, 0.25) is 0 Å². The van der Waals surface area contributed by atoms with Gasteiger partial charge >= 0.3 is 0 Å². The van der Waals surface area contributed by atoms with Crippen LogP contribution in [0.3, 0.4) is 0 Å². The molecule has 0 saturated carbocycles. The highest BCUT2D eigenvalue weighted by Crippen LogP contribution is 2.29. The zero-order valence-electron chi connectivity index (χ0n) is 8.39. The van der Waals surface area contributed by atoms with E-state index in [1.54, 1.807) is 0 Å². The van der Waals surface area contributed by atoms with Crippen molar-refractivity contribution in [3.05, 3.63) is 23.2 Å². The van der Waals surface area contributed by atoms with E-state index < -0.39 is 0 Å². The summed E-state index contributed by atoms with van der Waals surface area (Å²) in [5.41, 5.74) is 1.43. The Bertz CT molecular complexity index is 284. The zero-order valence-corrected chi connectivity index (χ0v) is 8.39. The molecule has 2 nitrogen and oxygen atoms in total. The van der Waals surface area contributed by atoms with E-state index in [4.69, 9.17) is 4.42 Å². The molecule has 13 heavy (non-hydrogen) atoms. The van der Waals surface area contributed by atoms with E-state index in [0.29, 0.717) is 0 Å². The van der Waals surface area contributed by atoms with Crippen LogP contribution in [0.4, 0.5) is 0 Å². The predicted molar refractivity (Wildman–Crippen MR) is 53.0 cm³/mol. The van der Waals surface area contributed by atoms with E-state index in [0.717, 1.165) is 30.5 Å². The SMILES string of the molecule is Cc1cc(C2CCNCC2)c(C)o1. The Hall–Kier alpha value is -0.760. The fourth-order valence-electron chi connectivity index (χ4n) is 2.19. The number of hydrogen-bond acceptors (Lipinski definition) is 2. The monoisotopic (exact) mass is 179 g/mol. The smallest absolute Gasteiger partial charge is 0.104 e. The summed E-state index contributed by atoms with van der Waals surface area (Å²) in [6.07, 6.45) is 2.50. The van der Waals surface area contributed by atoms with Crippen LogP contribution >= 0.6 is 0 Å². The average molecular weight is 179 g/mol. The molecule has 0 atom stereocenters. The molecule has 1 aromatic heterocycles. The predicted octanol–water partition coefficient (Wildman–Crippen LogP) is 2.36. The van der Waals surface area contributed by atoms with Crippen molar-refractivity contribution in [2.75, 3.05) is 13.1 Å². The lowest BCUT2D eigenvalue weighted by molar-refractivity contribution is 0.446. The van der Waals surface area contributed by atoms with Gasteiger partial charge in [-0.3, -0.25) is 0 Å². The van der Waals surface area contributed by atoms with Gasteiger partial charge in [-0.05, 0) is 57.3 Å². The minimum Gasteiger partial charge on any atom is -0.466 e. The van der Waals surface area contributed by atoms with Crippen molar-refractivity contribution in [1.29, 1.82) is 0 Å². The maximum atomic E-state index is 5.55. The molecule has 0 unspecified atom stereocenters. The second-order valence-corrected chi connectivity index (χ2v) is 3.89. The molecular weight excluding hydrogens is 162 g/mol. The summed E-state index contributed by atoms with van der Waals surface area (Å²) < 4.78 is 5.55. The third-order valence-electron chi connectivity index (χ3n) is 2.86. The molecule has 1 saturated heterocycles. The third kappa shape index (κ3) is 1.78. The summed E-state index contributed by atoms with van der Waals surface area (Å²) in [6, 6.07) is 2.20. The highest BCUT2D eigenvalue weighted by molar-refractivity contribution is 5.25. The first-order valence-electron chi connectivity index (χ1n) is 5.05. The summed E-state index contributed by atoms with van der Waals surface area (Å²) in [5.74, 6) is 2.88. The van der Waals surface area contributed by atoms with Gasteiger partial charge in [0, 0.05) is 0 Å². The lowest BCUT2D eigenvalue weighted by Crippen LogP contribution is -2.26. The standard InChI is InChI=1S/C11H17NO/c1-8-7-11(9(2)13-8)10-3-5-12-6-4-10/h7,10,12H,3-6H2,1-2H3. The van der Waals surface area contributed by atoms with Gasteiger partial charge in [-0.25, -0.2) is 0 Å².